The van der Waals surface area contributed by atoms with Gasteiger partial charge in [0.25, 0.3) is 0 Å². The molecule has 274 valence electrons. The Labute approximate surface area is 298 Å². The number of ketones is 1. The van der Waals surface area contributed by atoms with Crippen LogP contribution in [0.4, 0.5) is 0 Å². The summed E-state index contributed by atoms with van der Waals surface area (Å²) in [5.74, 6) is -5.00. The van der Waals surface area contributed by atoms with E-state index in [1.165, 1.54) is 6.92 Å². The van der Waals surface area contributed by atoms with Gasteiger partial charge in [-0.05, 0) is 42.5 Å². The van der Waals surface area contributed by atoms with Crippen LogP contribution in [0.3, 0.4) is 0 Å². The van der Waals surface area contributed by atoms with E-state index in [2.05, 4.69) is 5.32 Å². The van der Waals surface area contributed by atoms with Crippen molar-refractivity contribution in [3.63, 3.8) is 0 Å². The smallest absolute Gasteiger partial charge is 0.338 e. The molecule has 51 heavy (non-hydrogen) atoms. The van der Waals surface area contributed by atoms with Crippen molar-refractivity contribution in [3.05, 3.63) is 82.9 Å². The summed E-state index contributed by atoms with van der Waals surface area (Å²) >= 11 is 0. The molecule has 1 amide bonds. The predicted molar refractivity (Wildman–Crippen MR) is 185 cm³/mol. The Balaban J connectivity index is 1.48. The first-order valence-corrected chi connectivity index (χ1v) is 17.7. The van der Waals surface area contributed by atoms with Crippen LogP contribution in [0.5, 0.6) is 0 Å². The fourth-order valence-electron chi connectivity index (χ4n) is 10.1. The fourth-order valence-corrected chi connectivity index (χ4v) is 10.1. The second-order valence-electron chi connectivity index (χ2n) is 15.9. The van der Waals surface area contributed by atoms with Crippen LogP contribution in [-0.2, 0) is 28.6 Å². The van der Waals surface area contributed by atoms with Crippen molar-refractivity contribution < 1.29 is 48.7 Å². The van der Waals surface area contributed by atoms with Crippen molar-refractivity contribution in [3.8, 4) is 0 Å². The minimum Gasteiger partial charge on any atom is -0.458 e. The monoisotopic (exact) mass is 703 g/mol. The van der Waals surface area contributed by atoms with Gasteiger partial charge in [-0.25, -0.2) is 9.59 Å². The number of esters is 2. The van der Waals surface area contributed by atoms with Crippen molar-refractivity contribution >= 4 is 23.6 Å². The quantitative estimate of drug-likeness (QED) is 0.247. The zero-order valence-electron chi connectivity index (χ0n) is 30.2. The Morgan fingerprint density at radius 3 is 2.14 bits per heavy atom. The van der Waals surface area contributed by atoms with Crippen LogP contribution in [0.15, 0.2) is 71.8 Å². The lowest BCUT2D eigenvalue weighted by molar-refractivity contribution is -0.300. The summed E-state index contributed by atoms with van der Waals surface area (Å²) in [5.41, 5.74) is -1.32. The molecule has 1 aliphatic heterocycles. The number of carbonyl (C=O) groups excluding carboxylic acids is 4. The van der Waals surface area contributed by atoms with E-state index in [0.29, 0.717) is 16.7 Å². The van der Waals surface area contributed by atoms with Gasteiger partial charge in [-0.2, -0.15) is 0 Å². The molecule has 12 atom stereocenters. The number of allylic oxidation sites excluding steroid dienone is 1. The van der Waals surface area contributed by atoms with Gasteiger partial charge in [0, 0.05) is 36.5 Å². The van der Waals surface area contributed by atoms with E-state index in [4.69, 9.17) is 14.2 Å². The van der Waals surface area contributed by atoms with E-state index >= 15 is 0 Å². The number of nitrogens with one attached hydrogen (secondary N) is 1. The number of Topliss-reactive ketones (excluding diaryl/α,β-unsaturated/α-hetero) is 1. The molecule has 1 saturated heterocycles. The lowest BCUT2D eigenvalue weighted by Gasteiger charge is -2.67. The minimum atomic E-state index is -1.85. The molecular weight excluding hydrogens is 654 g/mol. The summed E-state index contributed by atoms with van der Waals surface area (Å²) in [7, 11) is 0. The molecule has 3 fully saturated rings. The topological polar surface area (TPSA) is 169 Å². The average Bonchev–Trinajstić information content (AvgIpc) is 3.09. The van der Waals surface area contributed by atoms with E-state index in [0.717, 1.165) is 0 Å². The van der Waals surface area contributed by atoms with Gasteiger partial charge in [-0.1, -0.05) is 81.8 Å². The third-order valence-electron chi connectivity index (χ3n) is 12.5. The maximum atomic E-state index is 15.0. The zero-order chi connectivity index (χ0) is 37.2. The summed E-state index contributed by atoms with van der Waals surface area (Å²) in [4.78, 5) is 54.9. The summed E-state index contributed by atoms with van der Waals surface area (Å²) in [6.07, 6.45) is -7.14. The van der Waals surface area contributed by atoms with Crippen LogP contribution in [0.1, 0.15) is 76.9 Å². The van der Waals surface area contributed by atoms with Gasteiger partial charge in [0.05, 0.1) is 35.8 Å². The highest BCUT2D eigenvalue weighted by atomic mass is 16.6. The summed E-state index contributed by atoms with van der Waals surface area (Å²) in [6, 6.07) is 15.8. The predicted octanol–water partition coefficient (Wildman–Crippen LogP) is 3.71. The Kier molecular flexibility index (Phi) is 9.59. The van der Waals surface area contributed by atoms with Crippen LogP contribution in [0.25, 0.3) is 0 Å². The molecule has 11 heteroatoms. The summed E-state index contributed by atoms with van der Waals surface area (Å²) < 4.78 is 18.4. The number of benzene rings is 2. The van der Waals surface area contributed by atoms with Gasteiger partial charge < -0.3 is 34.8 Å². The van der Waals surface area contributed by atoms with Gasteiger partial charge in [-0.3, -0.25) is 9.59 Å². The standard InChI is InChI=1S/C40H49NO10/c1-20-27-21(2)35(46)40(7)25(43)18-26-39(6,19-49-26)34(40)33(51-36(47)24-16-12-9-13-17-24)28(38(27,4)5)30(44)32(20)50-37(48)31(45)29(41-22(3)42)23-14-10-8-11-15-23/h8-17,21,25-26,28-34,43-45H,18-19H2,1-7H3,(H,41,42)/t21-,25+,26-,28?,29-,30-,31+,32-,33+,34+,39-,40-/m1/s1. The van der Waals surface area contributed by atoms with Crippen molar-refractivity contribution in [2.24, 2.45) is 34.0 Å². The minimum absolute atomic E-state index is 0.227. The number of hydrogen-bond acceptors (Lipinski definition) is 10. The Morgan fingerprint density at radius 1 is 0.961 bits per heavy atom. The number of rotatable bonds is 7. The molecule has 2 aromatic rings. The van der Waals surface area contributed by atoms with Gasteiger partial charge in [0.15, 0.2) is 6.10 Å². The van der Waals surface area contributed by atoms with E-state index in [1.807, 2.05) is 20.8 Å². The van der Waals surface area contributed by atoms with Gasteiger partial charge in [0.2, 0.25) is 5.91 Å². The second kappa shape index (κ2) is 13.3. The van der Waals surface area contributed by atoms with Crippen molar-refractivity contribution in [1.82, 2.24) is 5.32 Å². The first kappa shape index (κ1) is 36.9. The number of hydrogen-bond donors (Lipinski definition) is 4. The van der Waals surface area contributed by atoms with Crippen LogP contribution >= 0.6 is 0 Å². The van der Waals surface area contributed by atoms with E-state index in [9.17, 15) is 34.5 Å². The summed E-state index contributed by atoms with van der Waals surface area (Å²) in [5, 5.41) is 38.3. The van der Waals surface area contributed by atoms with Crippen molar-refractivity contribution in [2.75, 3.05) is 6.61 Å². The molecule has 2 bridgehead atoms. The number of carbonyl (C=O) groups is 4. The van der Waals surface area contributed by atoms with Gasteiger partial charge in [0.1, 0.15) is 24.1 Å². The third kappa shape index (κ3) is 5.82. The highest BCUT2D eigenvalue weighted by Gasteiger charge is 2.72. The largest absolute Gasteiger partial charge is 0.458 e. The first-order valence-electron chi connectivity index (χ1n) is 17.7. The van der Waals surface area contributed by atoms with Crippen molar-refractivity contribution in [1.29, 1.82) is 0 Å². The molecule has 4 N–H and O–H groups in total. The number of fused-ring (bicyclic) bond motifs is 5. The molecule has 3 aliphatic carbocycles. The summed E-state index contributed by atoms with van der Waals surface area (Å²) in [6.45, 7) is 12.5. The first-order chi connectivity index (χ1) is 24.0. The highest BCUT2D eigenvalue weighted by molar-refractivity contribution is 5.92. The van der Waals surface area contributed by atoms with Crippen LogP contribution < -0.4 is 5.32 Å². The third-order valence-corrected chi connectivity index (χ3v) is 12.5. The molecule has 2 saturated carbocycles. The molecule has 0 spiro atoms. The Bertz CT molecular complexity index is 1720. The van der Waals surface area contributed by atoms with E-state index < -0.39 is 94.5 Å². The maximum Gasteiger partial charge on any atom is 0.338 e. The van der Waals surface area contributed by atoms with Crippen molar-refractivity contribution in [2.45, 2.75) is 97.6 Å². The molecule has 0 aromatic heterocycles. The Morgan fingerprint density at radius 2 is 1.57 bits per heavy atom. The SMILES string of the molecule is CC(=O)N[C@H](c1ccccc1)[C@H](O)C(=O)O[C@@H]1C(C)=C2[C@@H](C)C(=O)[C@]3(C)[C@@H](O)C[C@H]4OC[C@@]4(C)[C@@H]3[C@@H](OC(=O)c3ccccc3)C([C@H]1O)C2(C)C. The molecule has 1 heterocycles. The number of ether oxygens (including phenoxy) is 3. The van der Waals surface area contributed by atoms with Crippen LogP contribution in [0.2, 0.25) is 0 Å². The van der Waals surface area contributed by atoms with Gasteiger partial charge >= 0.3 is 11.9 Å². The van der Waals surface area contributed by atoms with Crippen LogP contribution in [0, 0.1) is 34.0 Å². The highest BCUT2D eigenvalue weighted by Crippen LogP contribution is 2.65. The number of aliphatic hydroxyl groups excluding tert-OH is 3. The van der Waals surface area contributed by atoms with Gasteiger partial charge in [-0.15, -0.1) is 0 Å². The lowest BCUT2D eigenvalue weighted by Crippen LogP contribution is -2.74. The lowest BCUT2D eigenvalue weighted by atomic mass is 9.42. The fraction of sp³-hybridized carbons (Fsp3) is 0.550. The molecule has 11 nitrogen and oxygen atoms in total. The number of amides is 1. The van der Waals surface area contributed by atoms with Crippen LogP contribution in [-0.4, -0.2) is 82.2 Å². The molecule has 1 unspecified atom stereocenters. The molecule has 0 radical (unpaired) electrons. The number of aliphatic hydroxyl groups is 3. The Hall–Kier alpha value is -3.90. The molecule has 4 aliphatic rings. The van der Waals surface area contributed by atoms with E-state index in [1.54, 1.807) is 81.4 Å². The van der Waals surface area contributed by atoms with E-state index in [-0.39, 0.29) is 24.4 Å². The molecule has 6 rings (SSSR count). The maximum absolute atomic E-state index is 15.0. The molecular formula is C40H49NO10. The molecule has 2 aromatic carbocycles. The average molecular weight is 704 g/mol. The second-order valence-corrected chi connectivity index (χ2v) is 15.9. The normalized spacial score (nSPS) is 36.5. The zero-order valence-corrected chi connectivity index (χ0v) is 30.2.